The predicted molar refractivity (Wildman–Crippen MR) is 79.6 cm³/mol. The molecule has 0 radical (unpaired) electrons. The highest BCUT2D eigenvalue weighted by Crippen LogP contribution is 2.33. The summed E-state index contributed by atoms with van der Waals surface area (Å²) < 4.78 is 48.4. The summed E-state index contributed by atoms with van der Waals surface area (Å²) in [6, 6.07) is 2.44. The summed E-state index contributed by atoms with van der Waals surface area (Å²) in [6.45, 7) is 1.93. The van der Waals surface area contributed by atoms with Gasteiger partial charge in [-0.2, -0.15) is 13.2 Å². The van der Waals surface area contributed by atoms with Crippen LogP contribution in [0.3, 0.4) is 0 Å². The molecular formula is C16H18F3NO4. The largest absolute Gasteiger partial charge is 0.465 e. The number of carbonyl (C=O) groups is 2. The molecule has 0 aliphatic heterocycles. The third-order valence-electron chi connectivity index (χ3n) is 3.66. The number of nitrogens with one attached hydrogen (secondary N) is 1. The van der Waals surface area contributed by atoms with Gasteiger partial charge in [0.05, 0.1) is 30.5 Å². The SMILES string of the molecule is COC(=O)c1ccc(C(F)(F)F)cc1NC(=O)C(C)OCC1CC1. The Morgan fingerprint density at radius 2 is 2.00 bits per heavy atom. The molecule has 5 nitrogen and oxygen atoms in total. The summed E-state index contributed by atoms with van der Waals surface area (Å²) >= 11 is 0. The lowest BCUT2D eigenvalue weighted by molar-refractivity contribution is -0.137. The van der Waals surface area contributed by atoms with Crippen LogP contribution in [-0.2, 0) is 20.4 Å². The highest BCUT2D eigenvalue weighted by molar-refractivity contribution is 6.02. The molecule has 1 aliphatic carbocycles. The van der Waals surface area contributed by atoms with E-state index in [0.29, 0.717) is 18.6 Å². The molecule has 0 aromatic heterocycles. The molecule has 1 unspecified atom stereocenters. The van der Waals surface area contributed by atoms with E-state index in [1.807, 2.05) is 0 Å². The van der Waals surface area contributed by atoms with Crippen molar-refractivity contribution in [1.82, 2.24) is 0 Å². The summed E-state index contributed by atoms with van der Waals surface area (Å²) in [5.41, 5.74) is -1.39. The summed E-state index contributed by atoms with van der Waals surface area (Å²) in [4.78, 5) is 23.8. The van der Waals surface area contributed by atoms with E-state index >= 15 is 0 Å². The molecule has 1 N–H and O–H groups in total. The van der Waals surface area contributed by atoms with Crippen LogP contribution in [0.1, 0.15) is 35.7 Å². The van der Waals surface area contributed by atoms with E-state index in [4.69, 9.17) is 4.74 Å². The third-order valence-corrected chi connectivity index (χ3v) is 3.66. The quantitative estimate of drug-likeness (QED) is 0.804. The van der Waals surface area contributed by atoms with Crippen molar-refractivity contribution >= 4 is 17.6 Å². The molecular weight excluding hydrogens is 327 g/mol. The van der Waals surface area contributed by atoms with Crippen LogP contribution in [0.4, 0.5) is 18.9 Å². The number of rotatable bonds is 6. The first-order chi connectivity index (χ1) is 11.2. The maximum Gasteiger partial charge on any atom is 0.416 e. The molecule has 1 fully saturated rings. The molecule has 1 aromatic carbocycles. The van der Waals surface area contributed by atoms with Gasteiger partial charge in [-0.05, 0) is 43.9 Å². The Kier molecular flexibility index (Phi) is 5.48. The minimum absolute atomic E-state index is 0.159. The fourth-order valence-electron chi connectivity index (χ4n) is 1.99. The lowest BCUT2D eigenvalue weighted by atomic mass is 10.1. The first kappa shape index (κ1) is 18.3. The van der Waals surface area contributed by atoms with Crippen LogP contribution >= 0.6 is 0 Å². The summed E-state index contributed by atoms with van der Waals surface area (Å²) in [5.74, 6) is -1.02. The van der Waals surface area contributed by atoms with E-state index in [-0.39, 0.29) is 11.3 Å². The minimum Gasteiger partial charge on any atom is -0.465 e. The number of hydrogen-bond acceptors (Lipinski definition) is 4. The van der Waals surface area contributed by atoms with E-state index in [1.54, 1.807) is 0 Å². The van der Waals surface area contributed by atoms with Gasteiger partial charge in [0.2, 0.25) is 0 Å². The van der Waals surface area contributed by atoms with Gasteiger partial charge in [0.1, 0.15) is 6.10 Å². The number of anilines is 1. The Balaban J connectivity index is 2.17. The number of hydrogen-bond donors (Lipinski definition) is 1. The number of alkyl halides is 3. The molecule has 132 valence electrons. The zero-order valence-corrected chi connectivity index (χ0v) is 13.3. The molecule has 0 bridgehead atoms. The first-order valence-electron chi connectivity index (χ1n) is 7.44. The fraction of sp³-hybridized carbons (Fsp3) is 0.500. The molecule has 1 aromatic rings. The van der Waals surface area contributed by atoms with Crippen molar-refractivity contribution in [2.24, 2.45) is 5.92 Å². The van der Waals surface area contributed by atoms with E-state index < -0.39 is 29.7 Å². The standard InChI is InChI=1S/C16H18F3NO4/c1-9(24-8-10-3-4-10)14(21)20-13-7-11(16(17,18)19)5-6-12(13)15(22)23-2/h5-7,9-10H,3-4,8H2,1-2H3,(H,20,21). The number of carbonyl (C=O) groups excluding carboxylic acids is 2. The highest BCUT2D eigenvalue weighted by atomic mass is 19.4. The highest BCUT2D eigenvalue weighted by Gasteiger charge is 2.32. The summed E-state index contributed by atoms with van der Waals surface area (Å²) in [5, 5.41) is 2.32. The lowest BCUT2D eigenvalue weighted by Crippen LogP contribution is -2.29. The summed E-state index contributed by atoms with van der Waals surface area (Å²) in [6.07, 6.45) is -3.34. The lowest BCUT2D eigenvalue weighted by Gasteiger charge is -2.16. The normalized spacial score (nSPS) is 15.7. The Morgan fingerprint density at radius 1 is 1.33 bits per heavy atom. The van der Waals surface area contributed by atoms with Crippen LogP contribution in [0.5, 0.6) is 0 Å². The van der Waals surface area contributed by atoms with Crippen LogP contribution in [0.2, 0.25) is 0 Å². The van der Waals surface area contributed by atoms with Gasteiger partial charge in [0.15, 0.2) is 0 Å². The average Bonchev–Trinajstić information content (AvgIpc) is 3.35. The van der Waals surface area contributed by atoms with Gasteiger partial charge in [-0.25, -0.2) is 4.79 Å². The number of methoxy groups -OCH3 is 1. The summed E-state index contributed by atoms with van der Waals surface area (Å²) in [7, 11) is 1.10. The van der Waals surface area contributed by atoms with Crippen LogP contribution < -0.4 is 5.32 Å². The number of amides is 1. The molecule has 1 amide bonds. The van der Waals surface area contributed by atoms with Gasteiger partial charge in [-0.15, -0.1) is 0 Å². The number of halogens is 3. The number of ether oxygens (including phenoxy) is 2. The maximum atomic E-state index is 12.8. The predicted octanol–water partition coefficient (Wildman–Crippen LogP) is 3.25. The van der Waals surface area contributed by atoms with Crippen LogP contribution in [0, 0.1) is 5.92 Å². The van der Waals surface area contributed by atoms with Crippen molar-refractivity contribution in [2.75, 3.05) is 19.0 Å². The van der Waals surface area contributed by atoms with E-state index in [0.717, 1.165) is 32.1 Å². The van der Waals surface area contributed by atoms with Crippen molar-refractivity contribution in [2.45, 2.75) is 32.0 Å². The van der Waals surface area contributed by atoms with Crippen molar-refractivity contribution in [3.05, 3.63) is 29.3 Å². The Hall–Kier alpha value is -2.09. The van der Waals surface area contributed by atoms with Crippen molar-refractivity contribution < 1.29 is 32.2 Å². The van der Waals surface area contributed by atoms with E-state index in [1.165, 1.54) is 6.92 Å². The van der Waals surface area contributed by atoms with Crippen molar-refractivity contribution in [3.63, 3.8) is 0 Å². The fourth-order valence-corrected chi connectivity index (χ4v) is 1.99. The van der Waals surface area contributed by atoms with Gasteiger partial charge >= 0.3 is 12.1 Å². The van der Waals surface area contributed by atoms with Gasteiger partial charge in [0.25, 0.3) is 5.91 Å². The van der Waals surface area contributed by atoms with Gasteiger partial charge in [-0.3, -0.25) is 4.79 Å². The van der Waals surface area contributed by atoms with Gasteiger partial charge < -0.3 is 14.8 Å². The maximum absolute atomic E-state index is 12.8. The third kappa shape index (κ3) is 4.70. The number of esters is 1. The second-order valence-electron chi connectivity index (χ2n) is 5.66. The van der Waals surface area contributed by atoms with Gasteiger partial charge in [-0.1, -0.05) is 0 Å². The van der Waals surface area contributed by atoms with Crippen molar-refractivity contribution in [1.29, 1.82) is 0 Å². The molecule has 1 aliphatic rings. The van der Waals surface area contributed by atoms with Crippen LogP contribution in [-0.4, -0.2) is 31.7 Å². The molecule has 0 saturated heterocycles. The van der Waals surface area contributed by atoms with E-state index in [9.17, 15) is 22.8 Å². The zero-order valence-electron chi connectivity index (χ0n) is 13.3. The average molecular weight is 345 g/mol. The Morgan fingerprint density at radius 3 is 2.54 bits per heavy atom. The van der Waals surface area contributed by atoms with Crippen molar-refractivity contribution in [3.8, 4) is 0 Å². The molecule has 8 heteroatoms. The molecule has 0 spiro atoms. The van der Waals surface area contributed by atoms with E-state index in [2.05, 4.69) is 10.1 Å². The Labute approximate surface area is 137 Å². The smallest absolute Gasteiger partial charge is 0.416 e. The molecule has 2 rings (SSSR count). The Bertz CT molecular complexity index is 626. The molecule has 1 saturated carbocycles. The molecule has 0 heterocycles. The van der Waals surface area contributed by atoms with Gasteiger partial charge in [0, 0.05) is 0 Å². The first-order valence-corrected chi connectivity index (χ1v) is 7.44. The zero-order chi connectivity index (χ0) is 17.9. The number of benzene rings is 1. The monoisotopic (exact) mass is 345 g/mol. The molecule has 1 atom stereocenters. The minimum atomic E-state index is -4.60. The van der Waals surface area contributed by atoms with Crippen LogP contribution in [0.25, 0.3) is 0 Å². The van der Waals surface area contributed by atoms with Crippen LogP contribution in [0.15, 0.2) is 18.2 Å². The topological polar surface area (TPSA) is 64.6 Å². The molecule has 24 heavy (non-hydrogen) atoms. The second kappa shape index (κ2) is 7.21. The second-order valence-corrected chi connectivity index (χ2v) is 5.66.